The zero-order valence-corrected chi connectivity index (χ0v) is 16.4. The van der Waals surface area contributed by atoms with Gasteiger partial charge in [-0.3, -0.25) is 4.79 Å². The molecule has 1 N–H and O–H groups in total. The normalized spacial score (nSPS) is 20.1. The number of anilines is 1. The first-order valence-electron chi connectivity index (χ1n) is 9.73. The number of fused-ring (bicyclic) bond motifs is 2. The van der Waals surface area contributed by atoms with E-state index in [1.54, 1.807) is 18.3 Å². The van der Waals surface area contributed by atoms with E-state index < -0.39 is 0 Å². The molecular formula is C23H26N4O. The lowest BCUT2D eigenvalue weighted by atomic mass is 9.72. The number of nitrogens with zero attached hydrogens (tertiary/aromatic N) is 3. The van der Waals surface area contributed by atoms with Crippen molar-refractivity contribution in [2.24, 2.45) is 5.10 Å². The fourth-order valence-electron chi connectivity index (χ4n) is 4.41. The average Bonchev–Trinajstić information content (AvgIpc) is 2.96. The van der Waals surface area contributed by atoms with Crippen molar-refractivity contribution < 1.29 is 4.79 Å². The summed E-state index contributed by atoms with van der Waals surface area (Å²) in [4.78, 5) is 16.8. The Morgan fingerprint density at radius 1 is 1.04 bits per heavy atom. The standard InChI is InChI=1S/C23H26N4O/c1-26-16-13-23(14-17-26)19-10-6-7-11-20(19)27(2)21(23)12-15-24-25-22(28)18-8-4-3-5-9-18/h3-12,15H,13-14,16-17H2,1-2H3,(H,25,28)/b21-12-,24-15+. The number of hydrazone groups is 1. The molecule has 2 aromatic rings. The molecule has 2 aliphatic heterocycles. The summed E-state index contributed by atoms with van der Waals surface area (Å²) in [5.74, 6) is -0.202. The van der Waals surface area contributed by atoms with Gasteiger partial charge in [0.25, 0.3) is 5.91 Å². The molecule has 1 fully saturated rings. The molecule has 1 saturated heterocycles. The van der Waals surface area contributed by atoms with E-state index in [2.05, 4.69) is 64.8 Å². The van der Waals surface area contributed by atoms with Crippen molar-refractivity contribution in [2.45, 2.75) is 18.3 Å². The SMILES string of the molecule is CN1CCC2(CC1)/C(=C/C=N/NC(=O)c1ccccc1)N(C)c1ccccc12. The smallest absolute Gasteiger partial charge is 0.271 e. The van der Waals surface area contributed by atoms with Gasteiger partial charge in [-0.05, 0) is 62.8 Å². The summed E-state index contributed by atoms with van der Waals surface area (Å²) in [6.45, 7) is 2.14. The van der Waals surface area contributed by atoms with Gasteiger partial charge in [-0.2, -0.15) is 5.10 Å². The second-order valence-corrected chi connectivity index (χ2v) is 7.60. The lowest BCUT2D eigenvalue weighted by molar-refractivity contribution is 0.0955. The van der Waals surface area contributed by atoms with Gasteiger partial charge in [-0.1, -0.05) is 36.4 Å². The first-order valence-corrected chi connectivity index (χ1v) is 9.73. The molecule has 0 aromatic heterocycles. The molecule has 5 nitrogen and oxygen atoms in total. The lowest BCUT2D eigenvalue weighted by Crippen LogP contribution is -2.42. The van der Waals surface area contributed by atoms with E-state index in [4.69, 9.17) is 0 Å². The van der Waals surface area contributed by atoms with Crippen LogP contribution in [0.5, 0.6) is 0 Å². The summed E-state index contributed by atoms with van der Waals surface area (Å²) >= 11 is 0. The van der Waals surface area contributed by atoms with Crippen LogP contribution in [0.2, 0.25) is 0 Å². The zero-order chi connectivity index (χ0) is 19.6. The predicted octanol–water partition coefficient (Wildman–Crippen LogP) is 3.40. The Kier molecular flexibility index (Phi) is 5.01. The van der Waals surface area contributed by atoms with E-state index in [9.17, 15) is 4.79 Å². The zero-order valence-electron chi connectivity index (χ0n) is 16.4. The summed E-state index contributed by atoms with van der Waals surface area (Å²) in [6.07, 6.45) is 5.93. The fraction of sp³-hybridized carbons (Fsp3) is 0.304. The van der Waals surface area contributed by atoms with E-state index in [1.807, 2.05) is 18.2 Å². The molecule has 2 heterocycles. The number of para-hydroxylation sites is 1. The fourth-order valence-corrected chi connectivity index (χ4v) is 4.41. The number of piperidine rings is 1. The third-order valence-corrected chi connectivity index (χ3v) is 5.98. The molecular weight excluding hydrogens is 348 g/mol. The van der Waals surface area contributed by atoms with Crippen LogP contribution in [0.1, 0.15) is 28.8 Å². The Morgan fingerprint density at radius 3 is 2.46 bits per heavy atom. The third kappa shape index (κ3) is 3.22. The quantitative estimate of drug-likeness (QED) is 0.662. The van der Waals surface area contributed by atoms with Crippen molar-refractivity contribution >= 4 is 17.8 Å². The number of likely N-dealkylation sites (N-methyl/N-ethyl adjacent to an activating group) is 1. The molecule has 0 atom stereocenters. The molecule has 5 heteroatoms. The molecule has 0 bridgehead atoms. The molecule has 1 spiro atoms. The minimum atomic E-state index is -0.202. The van der Waals surface area contributed by atoms with Crippen LogP contribution in [0, 0.1) is 0 Å². The summed E-state index contributed by atoms with van der Waals surface area (Å²) in [7, 11) is 4.30. The van der Waals surface area contributed by atoms with Crippen LogP contribution in [-0.4, -0.2) is 44.2 Å². The number of rotatable bonds is 3. The van der Waals surface area contributed by atoms with E-state index in [1.165, 1.54) is 16.9 Å². The van der Waals surface area contributed by atoms with Crippen molar-refractivity contribution in [1.82, 2.24) is 10.3 Å². The van der Waals surface area contributed by atoms with Gasteiger partial charge in [0.05, 0.1) is 0 Å². The van der Waals surface area contributed by atoms with Gasteiger partial charge >= 0.3 is 0 Å². The molecule has 0 radical (unpaired) electrons. The Morgan fingerprint density at radius 2 is 1.71 bits per heavy atom. The van der Waals surface area contributed by atoms with E-state index in [0.717, 1.165) is 25.9 Å². The minimum absolute atomic E-state index is 0.0211. The van der Waals surface area contributed by atoms with Crippen LogP contribution >= 0.6 is 0 Å². The number of carbonyl (C=O) groups excluding carboxylic acids is 1. The Balaban J connectivity index is 1.58. The largest absolute Gasteiger partial charge is 0.347 e. The lowest BCUT2D eigenvalue weighted by Gasteiger charge is -2.39. The molecule has 0 unspecified atom stereocenters. The summed E-state index contributed by atoms with van der Waals surface area (Å²) in [5, 5.41) is 4.16. The molecule has 0 saturated carbocycles. The summed E-state index contributed by atoms with van der Waals surface area (Å²) in [5.41, 5.74) is 7.15. The molecule has 4 rings (SSSR count). The predicted molar refractivity (Wildman–Crippen MR) is 114 cm³/mol. The van der Waals surface area contributed by atoms with Gasteiger partial charge in [0.2, 0.25) is 0 Å². The summed E-state index contributed by atoms with van der Waals surface area (Å²) < 4.78 is 0. The highest BCUT2D eigenvalue weighted by atomic mass is 16.2. The van der Waals surface area contributed by atoms with Crippen molar-refractivity contribution in [3.8, 4) is 0 Å². The van der Waals surface area contributed by atoms with E-state index >= 15 is 0 Å². The number of carbonyl (C=O) groups is 1. The van der Waals surface area contributed by atoms with Crippen LogP contribution in [0.3, 0.4) is 0 Å². The topological polar surface area (TPSA) is 47.9 Å². The van der Waals surface area contributed by atoms with Crippen LogP contribution in [0.15, 0.2) is 71.5 Å². The maximum absolute atomic E-state index is 12.2. The number of likely N-dealkylation sites (tertiary alicyclic amines) is 1. The number of amides is 1. The molecule has 0 aliphatic carbocycles. The Bertz CT molecular complexity index is 911. The highest BCUT2D eigenvalue weighted by molar-refractivity contribution is 5.94. The van der Waals surface area contributed by atoms with E-state index in [0.29, 0.717) is 5.56 Å². The van der Waals surface area contributed by atoms with Gasteiger partial charge in [0, 0.05) is 35.6 Å². The van der Waals surface area contributed by atoms with Crippen molar-refractivity contribution in [2.75, 3.05) is 32.1 Å². The third-order valence-electron chi connectivity index (χ3n) is 5.98. The van der Waals surface area contributed by atoms with Crippen LogP contribution in [0.4, 0.5) is 5.69 Å². The number of allylic oxidation sites excluding steroid dienone is 2. The first-order chi connectivity index (χ1) is 13.6. The molecule has 144 valence electrons. The Labute approximate surface area is 166 Å². The highest BCUT2D eigenvalue weighted by Gasteiger charge is 2.46. The maximum atomic E-state index is 12.2. The van der Waals surface area contributed by atoms with Crippen LogP contribution in [-0.2, 0) is 5.41 Å². The van der Waals surface area contributed by atoms with Gasteiger partial charge in [0.1, 0.15) is 0 Å². The number of nitrogens with one attached hydrogen (secondary N) is 1. The minimum Gasteiger partial charge on any atom is -0.347 e. The number of hydrogen-bond acceptors (Lipinski definition) is 4. The van der Waals surface area contributed by atoms with Crippen molar-refractivity contribution in [3.63, 3.8) is 0 Å². The maximum Gasteiger partial charge on any atom is 0.271 e. The van der Waals surface area contributed by atoms with Gasteiger partial charge in [0.15, 0.2) is 0 Å². The number of benzene rings is 2. The Hall–Kier alpha value is -2.92. The van der Waals surface area contributed by atoms with E-state index in [-0.39, 0.29) is 11.3 Å². The van der Waals surface area contributed by atoms with Crippen LogP contribution in [0.25, 0.3) is 0 Å². The highest BCUT2D eigenvalue weighted by Crippen LogP contribution is 2.52. The van der Waals surface area contributed by atoms with Gasteiger partial charge in [-0.25, -0.2) is 5.43 Å². The molecule has 2 aliphatic rings. The van der Waals surface area contributed by atoms with Crippen LogP contribution < -0.4 is 10.3 Å². The van der Waals surface area contributed by atoms with Crippen molar-refractivity contribution in [1.29, 1.82) is 0 Å². The number of hydrogen-bond donors (Lipinski definition) is 1. The van der Waals surface area contributed by atoms with Gasteiger partial charge in [-0.15, -0.1) is 0 Å². The first kappa shape index (κ1) is 18.4. The molecule has 28 heavy (non-hydrogen) atoms. The molecule has 2 aromatic carbocycles. The summed E-state index contributed by atoms with van der Waals surface area (Å²) in [6, 6.07) is 17.8. The monoisotopic (exact) mass is 374 g/mol. The second kappa shape index (κ2) is 7.60. The second-order valence-electron chi connectivity index (χ2n) is 7.60. The average molecular weight is 374 g/mol. The van der Waals surface area contributed by atoms with Gasteiger partial charge < -0.3 is 9.80 Å². The molecule has 1 amide bonds. The van der Waals surface area contributed by atoms with Crippen molar-refractivity contribution in [3.05, 3.63) is 77.5 Å².